The molecule has 1 fully saturated rings. The molecule has 0 spiro atoms. The molecule has 2 rings (SSSR count). The van der Waals surface area contributed by atoms with Gasteiger partial charge in [-0.3, -0.25) is 10.1 Å². The van der Waals surface area contributed by atoms with E-state index < -0.39 is 4.92 Å². The monoisotopic (exact) mass is 280 g/mol. The summed E-state index contributed by atoms with van der Waals surface area (Å²) in [6.45, 7) is 4.01. The Kier molecular flexibility index (Phi) is 5.11. The second-order valence-electron chi connectivity index (χ2n) is 4.81. The van der Waals surface area contributed by atoms with E-state index in [-0.39, 0.29) is 11.5 Å². The normalized spacial score (nSPS) is 15.2. The van der Waals surface area contributed by atoms with Crippen LogP contribution in [-0.2, 0) is 0 Å². The number of nitrogens with zero attached hydrogens (tertiary/aromatic N) is 3. The molecule has 1 aliphatic heterocycles. The van der Waals surface area contributed by atoms with Gasteiger partial charge in [0, 0.05) is 18.7 Å². The van der Waals surface area contributed by atoms with Gasteiger partial charge in [-0.1, -0.05) is 0 Å². The van der Waals surface area contributed by atoms with Crippen LogP contribution in [0.15, 0.2) is 12.1 Å². The van der Waals surface area contributed by atoms with Crippen molar-refractivity contribution in [2.75, 3.05) is 38.6 Å². The Morgan fingerprint density at radius 1 is 1.45 bits per heavy atom. The predicted molar refractivity (Wildman–Crippen MR) is 76.2 cm³/mol. The molecule has 1 aromatic rings. The molecule has 0 radical (unpaired) electrons. The van der Waals surface area contributed by atoms with Crippen LogP contribution < -0.4 is 10.1 Å². The molecule has 1 saturated heterocycles. The van der Waals surface area contributed by atoms with E-state index >= 15 is 0 Å². The topological polar surface area (TPSA) is 80.5 Å². The number of nitrogens with one attached hydrogen (secondary N) is 1. The largest absolute Gasteiger partial charge is 0.481 e. The Morgan fingerprint density at radius 3 is 2.85 bits per heavy atom. The Labute approximate surface area is 118 Å². The molecule has 0 aromatic carbocycles. The molecule has 0 bridgehead atoms. The van der Waals surface area contributed by atoms with Gasteiger partial charge >= 0.3 is 5.69 Å². The average molecular weight is 280 g/mol. The summed E-state index contributed by atoms with van der Waals surface area (Å²) < 4.78 is 5.00. The van der Waals surface area contributed by atoms with Crippen LogP contribution in [0.4, 0.5) is 11.5 Å². The third kappa shape index (κ3) is 3.80. The molecule has 2 heterocycles. The molecule has 7 heteroatoms. The maximum absolute atomic E-state index is 10.9. The minimum absolute atomic E-state index is 0.0213. The van der Waals surface area contributed by atoms with E-state index in [0.29, 0.717) is 12.4 Å². The summed E-state index contributed by atoms with van der Waals surface area (Å²) in [5.74, 6) is 0.647. The SMILES string of the molecule is COc1ccc([N+](=O)[O-])c(NCCCN2CCCC2)n1. The quantitative estimate of drug-likeness (QED) is 0.467. The molecular formula is C13H20N4O3. The van der Waals surface area contributed by atoms with Crippen LogP contribution in [0.1, 0.15) is 19.3 Å². The zero-order valence-electron chi connectivity index (χ0n) is 11.7. The van der Waals surface area contributed by atoms with Gasteiger partial charge in [-0.15, -0.1) is 0 Å². The lowest BCUT2D eigenvalue weighted by Crippen LogP contribution is -2.22. The smallest absolute Gasteiger partial charge is 0.311 e. The van der Waals surface area contributed by atoms with Gasteiger partial charge < -0.3 is 15.0 Å². The van der Waals surface area contributed by atoms with E-state index in [9.17, 15) is 10.1 Å². The van der Waals surface area contributed by atoms with E-state index in [0.717, 1.165) is 26.1 Å². The van der Waals surface area contributed by atoms with Crippen LogP contribution in [0.2, 0.25) is 0 Å². The summed E-state index contributed by atoms with van der Waals surface area (Å²) in [6, 6.07) is 2.90. The highest BCUT2D eigenvalue weighted by molar-refractivity contribution is 5.56. The van der Waals surface area contributed by atoms with Gasteiger partial charge in [0.25, 0.3) is 0 Å². The third-order valence-electron chi connectivity index (χ3n) is 3.40. The van der Waals surface area contributed by atoms with Gasteiger partial charge in [0.05, 0.1) is 12.0 Å². The number of likely N-dealkylation sites (tertiary alicyclic amines) is 1. The van der Waals surface area contributed by atoms with Gasteiger partial charge in [-0.2, -0.15) is 4.98 Å². The number of methoxy groups -OCH3 is 1. The van der Waals surface area contributed by atoms with Crippen molar-refractivity contribution in [3.8, 4) is 5.88 Å². The Balaban J connectivity index is 1.88. The van der Waals surface area contributed by atoms with Crippen LogP contribution >= 0.6 is 0 Å². The Bertz CT molecular complexity index is 461. The zero-order valence-corrected chi connectivity index (χ0v) is 11.7. The van der Waals surface area contributed by atoms with Crippen molar-refractivity contribution in [1.82, 2.24) is 9.88 Å². The van der Waals surface area contributed by atoms with E-state index in [2.05, 4.69) is 15.2 Å². The predicted octanol–water partition coefficient (Wildman–Crippen LogP) is 1.90. The lowest BCUT2D eigenvalue weighted by atomic mass is 10.3. The molecule has 20 heavy (non-hydrogen) atoms. The fraction of sp³-hybridized carbons (Fsp3) is 0.615. The van der Waals surface area contributed by atoms with Crippen molar-refractivity contribution in [2.24, 2.45) is 0 Å². The Hall–Kier alpha value is -1.89. The molecular weight excluding hydrogens is 260 g/mol. The lowest BCUT2D eigenvalue weighted by molar-refractivity contribution is -0.384. The van der Waals surface area contributed by atoms with Crippen molar-refractivity contribution in [1.29, 1.82) is 0 Å². The summed E-state index contributed by atoms with van der Waals surface area (Å²) in [5.41, 5.74) is -0.0213. The van der Waals surface area contributed by atoms with Crippen LogP contribution in [0, 0.1) is 10.1 Å². The molecule has 1 N–H and O–H groups in total. The summed E-state index contributed by atoms with van der Waals surface area (Å²) >= 11 is 0. The number of pyridine rings is 1. The van der Waals surface area contributed by atoms with Gasteiger partial charge in [0.15, 0.2) is 0 Å². The zero-order chi connectivity index (χ0) is 14.4. The molecule has 7 nitrogen and oxygen atoms in total. The van der Waals surface area contributed by atoms with E-state index in [1.54, 1.807) is 0 Å². The molecule has 1 aliphatic rings. The van der Waals surface area contributed by atoms with Crippen molar-refractivity contribution in [3.05, 3.63) is 22.2 Å². The number of anilines is 1. The minimum Gasteiger partial charge on any atom is -0.481 e. The summed E-state index contributed by atoms with van der Waals surface area (Å²) in [6.07, 6.45) is 3.49. The first-order valence-corrected chi connectivity index (χ1v) is 6.86. The van der Waals surface area contributed by atoms with Gasteiger partial charge in [-0.05, 0) is 38.9 Å². The third-order valence-corrected chi connectivity index (χ3v) is 3.40. The van der Waals surface area contributed by atoms with Crippen LogP contribution in [0.25, 0.3) is 0 Å². The highest BCUT2D eigenvalue weighted by atomic mass is 16.6. The van der Waals surface area contributed by atoms with E-state index in [4.69, 9.17) is 4.74 Å². The fourth-order valence-corrected chi connectivity index (χ4v) is 2.34. The van der Waals surface area contributed by atoms with Crippen molar-refractivity contribution < 1.29 is 9.66 Å². The molecule has 0 unspecified atom stereocenters. The van der Waals surface area contributed by atoms with E-state index in [1.807, 2.05) is 0 Å². The first-order chi connectivity index (χ1) is 9.70. The van der Waals surface area contributed by atoms with Gasteiger partial charge in [0.2, 0.25) is 11.7 Å². The molecule has 110 valence electrons. The average Bonchev–Trinajstić information content (AvgIpc) is 2.96. The second kappa shape index (κ2) is 7.04. The van der Waals surface area contributed by atoms with Gasteiger partial charge in [0.1, 0.15) is 0 Å². The van der Waals surface area contributed by atoms with Crippen molar-refractivity contribution in [2.45, 2.75) is 19.3 Å². The van der Waals surface area contributed by atoms with Gasteiger partial charge in [-0.25, -0.2) is 0 Å². The van der Waals surface area contributed by atoms with E-state index in [1.165, 1.54) is 32.1 Å². The summed E-state index contributed by atoms with van der Waals surface area (Å²) in [4.78, 5) is 17.0. The van der Waals surface area contributed by atoms with Crippen molar-refractivity contribution >= 4 is 11.5 Å². The molecule has 0 saturated carbocycles. The van der Waals surface area contributed by atoms with Crippen LogP contribution in [-0.4, -0.2) is 48.1 Å². The standard InChI is InChI=1S/C13H20N4O3/c1-20-12-6-5-11(17(18)19)13(15-12)14-7-4-10-16-8-2-3-9-16/h5-6H,2-4,7-10H2,1H3,(H,14,15). The minimum atomic E-state index is -0.435. The maximum Gasteiger partial charge on any atom is 0.311 e. The summed E-state index contributed by atoms with van der Waals surface area (Å²) in [7, 11) is 1.49. The number of ether oxygens (including phenoxy) is 1. The molecule has 0 aliphatic carbocycles. The molecule has 0 amide bonds. The number of hydrogen-bond donors (Lipinski definition) is 1. The van der Waals surface area contributed by atoms with Crippen LogP contribution in [0.5, 0.6) is 5.88 Å². The highest BCUT2D eigenvalue weighted by Crippen LogP contribution is 2.24. The number of nitro groups is 1. The first-order valence-electron chi connectivity index (χ1n) is 6.86. The van der Waals surface area contributed by atoms with Crippen molar-refractivity contribution in [3.63, 3.8) is 0 Å². The highest BCUT2D eigenvalue weighted by Gasteiger charge is 2.16. The number of aromatic nitrogens is 1. The molecule has 0 atom stereocenters. The maximum atomic E-state index is 10.9. The van der Waals surface area contributed by atoms with Crippen LogP contribution in [0.3, 0.4) is 0 Å². The number of hydrogen-bond acceptors (Lipinski definition) is 6. The Morgan fingerprint density at radius 2 is 2.20 bits per heavy atom. The lowest BCUT2D eigenvalue weighted by Gasteiger charge is -2.14. The second-order valence-corrected chi connectivity index (χ2v) is 4.81. The number of rotatable bonds is 7. The molecule has 1 aromatic heterocycles. The summed E-state index contributed by atoms with van der Waals surface area (Å²) in [5, 5.41) is 14.0. The first kappa shape index (κ1) is 14.5. The fourth-order valence-electron chi connectivity index (χ4n) is 2.34.